The lowest BCUT2D eigenvalue weighted by molar-refractivity contribution is 0.205. The van der Waals surface area contributed by atoms with Crippen LogP contribution in [-0.4, -0.2) is 43.8 Å². The van der Waals surface area contributed by atoms with Crippen molar-refractivity contribution in [1.82, 2.24) is 4.31 Å². The highest BCUT2D eigenvalue weighted by atomic mass is 35.5. The SMILES string of the molecule is CC(CCl)(CCl)CC1CCCN(S(C)(=O)=O)C1. The van der Waals surface area contributed by atoms with Crippen molar-refractivity contribution in [3.05, 3.63) is 0 Å². The minimum atomic E-state index is -3.06. The molecule has 102 valence electrons. The summed E-state index contributed by atoms with van der Waals surface area (Å²) in [5.74, 6) is 1.42. The van der Waals surface area contributed by atoms with Crippen LogP contribution >= 0.6 is 23.2 Å². The molecule has 0 amide bonds. The first-order chi connectivity index (χ1) is 7.80. The Morgan fingerprint density at radius 2 is 1.94 bits per heavy atom. The Labute approximate surface area is 115 Å². The fraction of sp³-hybridized carbons (Fsp3) is 1.00. The summed E-state index contributed by atoms with van der Waals surface area (Å²) in [6.45, 7) is 3.32. The number of alkyl halides is 2. The highest BCUT2D eigenvalue weighted by molar-refractivity contribution is 7.88. The van der Waals surface area contributed by atoms with Gasteiger partial charge >= 0.3 is 0 Å². The molecule has 0 aromatic heterocycles. The van der Waals surface area contributed by atoms with Gasteiger partial charge in [-0.25, -0.2) is 12.7 Å². The van der Waals surface area contributed by atoms with Gasteiger partial charge in [0.25, 0.3) is 0 Å². The third-order valence-electron chi connectivity index (χ3n) is 3.38. The number of hydrogen-bond donors (Lipinski definition) is 0. The van der Waals surface area contributed by atoms with Crippen LogP contribution < -0.4 is 0 Å². The quantitative estimate of drug-likeness (QED) is 0.732. The van der Waals surface area contributed by atoms with Crippen molar-refractivity contribution in [3.8, 4) is 0 Å². The molecular formula is C11H21Cl2NO2S. The number of rotatable bonds is 5. The molecule has 1 saturated heterocycles. The molecule has 0 aromatic rings. The summed E-state index contributed by atoms with van der Waals surface area (Å²) in [5, 5.41) is 0. The Hall–Kier alpha value is 0.490. The molecule has 6 heteroatoms. The minimum Gasteiger partial charge on any atom is -0.213 e. The number of hydrogen-bond acceptors (Lipinski definition) is 2. The van der Waals surface area contributed by atoms with Crippen LogP contribution in [-0.2, 0) is 10.0 Å². The Balaban J connectivity index is 2.62. The lowest BCUT2D eigenvalue weighted by atomic mass is 9.81. The summed E-state index contributed by atoms with van der Waals surface area (Å²) in [6, 6.07) is 0. The van der Waals surface area contributed by atoms with Gasteiger partial charge in [-0.05, 0) is 30.6 Å². The first kappa shape index (κ1) is 15.5. The summed E-state index contributed by atoms with van der Waals surface area (Å²) >= 11 is 11.9. The van der Waals surface area contributed by atoms with Gasteiger partial charge in [0.15, 0.2) is 0 Å². The molecule has 1 aliphatic rings. The van der Waals surface area contributed by atoms with Crippen LogP contribution in [0, 0.1) is 11.3 Å². The molecular weight excluding hydrogens is 281 g/mol. The monoisotopic (exact) mass is 301 g/mol. The highest BCUT2D eigenvalue weighted by Gasteiger charge is 2.31. The van der Waals surface area contributed by atoms with E-state index in [2.05, 4.69) is 6.92 Å². The zero-order chi connectivity index (χ0) is 13.1. The van der Waals surface area contributed by atoms with Crippen LogP contribution in [0.3, 0.4) is 0 Å². The summed E-state index contributed by atoms with van der Waals surface area (Å²) in [4.78, 5) is 0. The first-order valence-electron chi connectivity index (χ1n) is 5.88. The predicted molar refractivity (Wildman–Crippen MR) is 73.3 cm³/mol. The molecule has 1 atom stereocenters. The molecule has 1 heterocycles. The fourth-order valence-corrected chi connectivity index (χ4v) is 3.78. The zero-order valence-electron chi connectivity index (χ0n) is 10.5. The molecule has 1 unspecified atom stereocenters. The van der Waals surface area contributed by atoms with Crippen molar-refractivity contribution in [3.63, 3.8) is 0 Å². The average molecular weight is 302 g/mol. The van der Waals surface area contributed by atoms with E-state index in [0.717, 1.165) is 19.3 Å². The van der Waals surface area contributed by atoms with E-state index in [9.17, 15) is 8.42 Å². The molecule has 1 fully saturated rings. The van der Waals surface area contributed by atoms with Gasteiger partial charge in [-0.15, -0.1) is 23.2 Å². The largest absolute Gasteiger partial charge is 0.213 e. The van der Waals surface area contributed by atoms with Gasteiger partial charge < -0.3 is 0 Å². The van der Waals surface area contributed by atoms with E-state index in [1.54, 1.807) is 4.31 Å². The molecule has 1 aliphatic heterocycles. The van der Waals surface area contributed by atoms with Crippen molar-refractivity contribution in [2.75, 3.05) is 31.1 Å². The molecule has 0 bridgehead atoms. The molecule has 0 saturated carbocycles. The van der Waals surface area contributed by atoms with E-state index in [1.807, 2.05) is 0 Å². The smallest absolute Gasteiger partial charge is 0.211 e. The van der Waals surface area contributed by atoms with Crippen molar-refractivity contribution in [2.45, 2.75) is 26.2 Å². The van der Waals surface area contributed by atoms with Crippen LogP contribution in [0.4, 0.5) is 0 Å². The van der Waals surface area contributed by atoms with Gasteiger partial charge in [-0.1, -0.05) is 6.92 Å². The predicted octanol–water partition coefficient (Wildman–Crippen LogP) is 2.53. The molecule has 0 aliphatic carbocycles. The van der Waals surface area contributed by atoms with E-state index < -0.39 is 10.0 Å². The number of sulfonamides is 1. The maximum atomic E-state index is 11.5. The summed E-state index contributed by atoms with van der Waals surface area (Å²) in [5.41, 5.74) is -0.0890. The molecule has 0 spiro atoms. The Morgan fingerprint density at radius 3 is 2.41 bits per heavy atom. The normalized spacial score (nSPS) is 23.9. The lowest BCUT2D eigenvalue weighted by Crippen LogP contribution is -2.41. The van der Waals surface area contributed by atoms with Crippen LogP contribution in [0.2, 0.25) is 0 Å². The molecule has 0 aromatic carbocycles. The van der Waals surface area contributed by atoms with Crippen molar-refractivity contribution >= 4 is 33.2 Å². The number of piperidine rings is 1. The fourth-order valence-electron chi connectivity index (χ4n) is 2.34. The standard InChI is InChI=1S/C11H21Cl2NO2S/c1-11(8-12,9-13)6-10-4-3-5-14(7-10)17(2,15)16/h10H,3-9H2,1-2H3. The maximum Gasteiger partial charge on any atom is 0.211 e. The topological polar surface area (TPSA) is 37.4 Å². The van der Waals surface area contributed by atoms with E-state index in [1.165, 1.54) is 6.26 Å². The van der Waals surface area contributed by atoms with Crippen LogP contribution in [0.5, 0.6) is 0 Å². The maximum absolute atomic E-state index is 11.5. The zero-order valence-corrected chi connectivity index (χ0v) is 12.8. The van der Waals surface area contributed by atoms with Crippen molar-refractivity contribution in [1.29, 1.82) is 0 Å². The Kier molecular flexibility index (Phi) is 5.57. The second kappa shape index (κ2) is 6.09. The van der Waals surface area contributed by atoms with Gasteiger partial charge in [0, 0.05) is 24.8 Å². The second-order valence-corrected chi connectivity index (χ2v) is 7.93. The molecule has 3 nitrogen and oxygen atoms in total. The minimum absolute atomic E-state index is 0.0890. The van der Waals surface area contributed by atoms with Crippen LogP contribution in [0.15, 0.2) is 0 Å². The van der Waals surface area contributed by atoms with E-state index >= 15 is 0 Å². The Morgan fingerprint density at radius 1 is 1.35 bits per heavy atom. The summed E-state index contributed by atoms with van der Waals surface area (Å²) < 4.78 is 24.6. The summed E-state index contributed by atoms with van der Waals surface area (Å²) in [7, 11) is -3.06. The van der Waals surface area contributed by atoms with Crippen molar-refractivity contribution < 1.29 is 8.42 Å². The third kappa shape index (κ3) is 4.58. The molecule has 1 rings (SSSR count). The van der Waals surface area contributed by atoms with Gasteiger partial charge in [0.2, 0.25) is 10.0 Å². The average Bonchev–Trinajstić information content (AvgIpc) is 2.28. The van der Waals surface area contributed by atoms with Crippen LogP contribution in [0.25, 0.3) is 0 Å². The van der Waals surface area contributed by atoms with E-state index in [4.69, 9.17) is 23.2 Å². The Bertz CT molecular complexity index is 341. The first-order valence-corrected chi connectivity index (χ1v) is 8.79. The number of halogens is 2. The van der Waals surface area contributed by atoms with E-state index in [-0.39, 0.29) is 5.41 Å². The van der Waals surface area contributed by atoms with Gasteiger partial charge in [0.05, 0.1) is 6.26 Å². The molecule has 0 N–H and O–H groups in total. The van der Waals surface area contributed by atoms with Crippen LogP contribution in [0.1, 0.15) is 26.2 Å². The van der Waals surface area contributed by atoms with Gasteiger partial charge in [-0.2, -0.15) is 0 Å². The highest BCUT2D eigenvalue weighted by Crippen LogP contribution is 2.33. The molecule has 17 heavy (non-hydrogen) atoms. The lowest BCUT2D eigenvalue weighted by Gasteiger charge is -2.35. The van der Waals surface area contributed by atoms with E-state index in [0.29, 0.717) is 30.8 Å². The van der Waals surface area contributed by atoms with Gasteiger partial charge in [0.1, 0.15) is 0 Å². The second-order valence-electron chi connectivity index (χ2n) is 5.41. The molecule has 0 radical (unpaired) electrons. The number of nitrogens with zero attached hydrogens (tertiary/aromatic N) is 1. The van der Waals surface area contributed by atoms with Gasteiger partial charge in [-0.3, -0.25) is 0 Å². The van der Waals surface area contributed by atoms with Crippen molar-refractivity contribution in [2.24, 2.45) is 11.3 Å². The third-order valence-corrected chi connectivity index (χ3v) is 5.94. The summed E-state index contributed by atoms with van der Waals surface area (Å²) in [6.07, 6.45) is 4.16.